The minimum atomic E-state index is -0.745. The smallest absolute Gasteiger partial charge is 0.257 e. The minimum Gasteiger partial charge on any atom is -0.356 e. The number of amides is 1. The van der Waals surface area contributed by atoms with Gasteiger partial charge in [-0.2, -0.15) is 0 Å². The van der Waals surface area contributed by atoms with Gasteiger partial charge in [0.1, 0.15) is 23.4 Å². The molecule has 8 heteroatoms. The quantitative estimate of drug-likeness (QED) is 0.812. The zero-order chi connectivity index (χ0) is 20.3. The third-order valence-electron chi connectivity index (χ3n) is 5.80. The van der Waals surface area contributed by atoms with E-state index in [2.05, 4.69) is 17.1 Å². The molecule has 1 fully saturated rings. The monoisotopic (exact) mass is 399 g/mol. The maximum absolute atomic E-state index is 13.8. The van der Waals surface area contributed by atoms with Crippen LogP contribution in [0, 0.1) is 11.6 Å². The van der Waals surface area contributed by atoms with Crippen molar-refractivity contribution >= 4 is 17.7 Å². The number of carbonyl (C=O) groups excluding carboxylic acids is 1. The molecular formula is C21H19F2N3O3. The number of fused-ring (bicyclic) bond motifs is 2. The first kappa shape index (κ1) is 18.1. The Labute approximate surface area is 164 Å². The van der Waals surface area contributed by atoms with Crippen LogP contribution in [-0.4, -0.2) is 34.3 Å². The molecule has 2 aliphatic heterocycles. The number of hydrogen-bond donors (Lipinski definition) is 1. The molecule has 2 aromatic rings. The van der Waals surface area contributed by atoms with E-state index in [-0.39, 0.29) is 29.3 Å². The summed E-state index contributed by atoms with van der Waals surface area (Å²) >= 11 is 0. The molecule has 1 aromatic heterocycles. The predicted molar refractivity (Wildman–Crippen MR) is 101 cm³/mol. The molecule has 1 aliphatic carbocycles. The van der Waals surface area contributed by atoms with Gasteiger partial charge in [-0.05, 0) is 25.5 Å². The normalized spacial score (nSPS) is 21.6. The van der Waals surface area contributed by atoms with Crippen molar-refractivity contribution in [2.75, 3.05) is 6.61 Å². The molecule has 0 saturated carbocycles. The van der Waals surface area contributed by atoms with Crippen LogP contribution in [0.4, 0.5) is 8.78 Å². The fourth-order valence-electron chi connectivity index (χ4n) is 4.25. The fraction of sp³-hybridized carbons (Fsp3) is 0.333. The molecule has 2 unspecified atom stereocenters. The number of rotatable bonds is 3. The Morgan fingerprint density at radius 1 is 1.34 bits per heavy atom. The minimum absolute atomic E-state index is 0.00104. The maximum Gasteiger partial charge on any atom is 0.257 e. The molecular weight excluding hydrogens is 380 g/mol. The highest BCUT2D eigenvalue weighted by atomic mass is 19.1. The Kier molecular flexibility index (Phi) is 4.06. The highest BCUT2D eigenvalue weighted by Crippen LogP contribution is 2.27. The number of nitrogens with one attached hydrogen (secondary N) is 1. The molecule has 1 N–H and O–H groups in total. The van der Waals surface area contributed by atoms with Crippen LogP contribution in [0.25, 0.3) is 11.8 Å². The molecule has 3 aliphatic rings. The van der Waals surface area contributed by atoms with Crippen LogP contribution in [0.15, 0.2) is 29.2 Å². The van der Waals surface area contributed by atoms with Crippen molar-refractivity contribution in [1.29, 1.82) is 0 Å². The summed E-state index contributed by atoms with van der Waals surface area (Å²) in [6.45, 7) is 3.20. The SMILES string of the molecule is CC1CCOC2Cn3cc(C(=O)NCc4ccc(F)cc4F)c(=O)c4c3=C(C=4)N12. The first-order valence-electron chi connectivity index (χ1n) is 9.55. The number of halogens is 2. The summed E-state index contributed by atoms with van der Waals surface area (Å²) in [5.41, 5.74) is 0.772. The van der Waals surface area contributed by atoms with Gasteiger partial charge in [0.15, 0.2) is 0 Å². The predicted octanol–water partition coefficient (Wildman–Crippen LogP) is 0.409. The van der Waals surface area contributed by atoms with E-state index in [1.807, 2.05) is 10.6 Å². The maximum atomic E-state index is 13.8. The first-order chi connectivity index (χ1) is 13.9. The van der Waals surface area contributed by atoms with Crippen molar-refractivity contribution in [3.8, 4) is 0 Å². The van der Waals surface area contributed by atoms with Crippen molar-refractivity contribution in [3.05, 3.63) is 67.9 Å². The second kappa shape index (κ2) is 6.52. The van der Waals surface area contributed by atoms with Gasteiger partial charge in [-0.1, -0.05) is 6.07 Å². The molecule has 0 bridgehead atoms. The Hall–Kier alpha value is -3.00. The number of carbonyl (C=O) groups is 1. The van der Waals surface area contributed by atoms with Gasteiger partial charge in [-0.3, -0.25) is 9.59 Å². The van der Waals surface area contributed by atoms with Crippen molar-refractivity contribution in [3.63, 3.8) is 0 Å². The van der Waals surface area contributed by atoms with E-state index in [1.165, 1.54) is 6.07 Å². The Balaban J connectivity index is 1.45. The molecule has 0 spiro atoms. The van der Waals surface area contributed by atoms with E-state index < -0.39 is 17.5 Å². The Bertz CT molecular complexity index is 1220. The zero-order valence-electron chi connectivity index (χ0n) is 15.7. The molecule has 1 saturated heterocycles. The highest BCUT2D eigenvalue weighted by molar-refractivity contribution is 5.94. The molecule has 2 atom stereocenters. The summed E-state index contributed by atoms with van der Waals surface area (Å²) in [4.78, 5) is 27.6. The van der Waals surface area contributed by atoms with Crippen molar-refractivity contribution in [1.82, 2.24) is 14.8 Å². The van der Waals surface area contributed by atoms with E-state index in [0.29, 0.717) is 24.4 Å². The number of pyridine rings is 1. The number of benzene rings is 1. The lowest BCUT2D eigenvalue weighted by atomic mass is 10.00. The number of aromatic nitrogens is 1. The third kappa shape index (κ3) is 2.78. The number of ether oxygens (including phenoxy) is 1. The fourth-order valence-corrected chi connectivity index (χ4v) is 4.25. The summed E-state index contributed by atoms with van der Waals surface area (Å²) < 4.78 is 34.6. The first-order valence-corrected chi connectivity index (χ1v) is 9.55. The lowest BCUT2D eigenvalue weighted by Crippen LogP contribution is -2.64. The lowest BCUT2D eigenvalue weighted by Gasteiger charge is -2.47. The van der Waals surface area contributed by atoms with E-state index in [1.54, 1.807) is 6.20 Å². The second-order valence-corrected chi connectivity index (χ2v) is 7.60. The highest BCUT2D eigenvalue weighted by Gasteiger charge is 2.37. The standard InChI is InChI=1S/C21H19F2N3O3/c1-11-4-5-29-18-10-25-9-15(20(27)14-7-17(19(14)25)26(11)18)21(28)24-8-12-2-3-13(22)6-16(12)23/h2-3,6-7,9,11,18H,4-5,8,10H2,1H3,(H,24,28). The molecule has 3 heterocycles. The molecule has 1 amide bonds. The van der Waals surface area contributed by atoms with E-state index in [4.69, 9.17) is 4.74 Å². The van der Waals surface area contributed by atoms with Gasteiger partial charge >= 0.3 is 0 Å². The average molecular weight is 399 g/mol. The summed E-state index contributed by atoms with van der Waals surface area (Å²) in [5, 5.41) is 3.90. The molecule has 29 heavy (non-hydrogen) atoms. The molecule has 0 radical (unpaired) electrons. The van der Waals surface area contributed by atoms with Crippen LogP contribution in [-0.2, 0) is 17.8 Å². The third-order valence-corrected chi connectivity index (χ3v) is 5.80. The van der Waals surface area contributed by atoms with Gasteiger partial charge in [-0.15, -0.1) is 0 Å². The molecule has 150 valence electrons. The Morgan fingerprint density at radius 3 is 2.97 bits per heavy atom. The van der Waals surface area contributed by atoms with E-state index in [9.17, 15) is 18.4 Å². The van der Waals surface area contributed by atoms with Gasteiger partial charge in [0.2, 0.25) is 5.43 Å². The zero-order valence-corrected chi connectivity index (χ0v) is 15.7. The molecule has 6 nitrogen and oxygen atoms in total. The van der Waals surface area contributed by atoms with Crippen molar-refractivity contribution < 1.29 is 18.3 Å². The van der Waals surface area contributed by atoms with Gasteiger partial charge in [0.25, 0.3) is 5.91 Å². The summed E-state index contributed by atoms with van der Waals surface area (Å²) in [6, 6.07) is 3.47. The van der Waals surface area contributed by atoms with Crippen LogP contribution in [0.1, 0.15) is 29.3 Å². The second-order valence-electron chi connectivity index (χ2n) is 7.60. The lowest BCUT2D eigenvalue weighted by molar-refractivity contribution is -0.101. The van der Waals surface area contributed by atoms with E-state index >= 15 is 0 Å². The van der Waals surface area contributed by atoms with Crippen LogP contribution in [0.3, 0.4) is 0 Å². The number of nitrogens with zero attached hydrogens (tertiary/aromatic N) is 2. The number of hydrogen-bond acceptors (Lipinski definition) is 4. The average Bonchev–Trinajstić information content (AvgIpc) is 2.65. The van der Waals surface area contributed by atoms with Crippen LogP contribution in [0.2, 0.25) is 0 Å². The van der Waals surface area contributed by atoms with E-state index in [0.717, 1.165) is 29.6 Å². The van der Waals surface area contributed by atoms with Gasteiger partial charge < -0.3 is 19.5 Å². The molecule has 5 rings (SSSR count). The topological polar surface area (TPSA) is 63.6 Å². The van der Waals surface area contributed by atoms with Gasteiger partial charge in [0, 0.05) is 30.4 Å². The molecule has 1 aromatic carbocycles. The largest absolute Gasteiger partial charge is 0.356 e. The summed E-state index contributed by atoms with van der Waals surface area (Å²) in [5.74, 6) is -2.02. The summed E-state index contributed by atoms with van der Waals surface area (Å²) in [6.07, 6.45) is 4.15. The Morgan fingerprint density at radius 2 is 2.17 bits per heavy atom. The van der Waals surface area contributed by atoms with Crippen LogP contribution < -0.4 is 21.3 Å². The van der Waals surface area contributed by atoms with Gasteiger partial charge in [-0.25, -0.2) is 8.78 Å². The van der Waals surface area contributed by atoms with Gasteiger partial charge in [0.05, 0.1) is 29.4 Å². The summed E-state index contributed by atoms with van der Waals surface area (Å²) in [7, 11) is 0. The van der Waals surface area contributed by atoms with Crippen molar-refractivity contribution in [2.24, 2.45) is 0 Å². The van der Waals surface area contributed by atoms with Crippen LogP contribution in [0.5, 0.6) is 0 Å². The van der Waals surface area contributed by atoms with Crippen molar-refractivity contribution in [2.45, 2.75) is 38.7 Å². The van der Waals surface area contributed by atoms with Crippen LogP contribution >= 0.6 is 0 Å².